The summed E-state index contributed by atoms with van der Waals surface area (Å²) in [4.78, 5) is 2.38. The molecule has 0 bridgehead atoms. The van der Waals surface area contributed by atoms with E-state index in [-0.39, 0.29) is 0 Å². The average Bonchev–Trinajstić information content (AvgIpc) is 3.15. The molecule has 6 aromatic carbocycles. The molecule has 0 aromatic heterocycles. The number of ether oxygens (including phenoxy) is 1. The van der Waals surface area contributed by atoms with Crippen LogP contribution in [-0.4, -0.2) is 7.11 Å². The van der Waals surface area contributed by atoms with Crippen molar-refractivity contribution in [2.75, 3.05) is 12.0 Å². The molecule has 0 radical (unpaired) electrons. The summed E-state index contributed by atoms with van der Waals surface area (Å²) in [5.41, 5.74) is 13.5. The lowest BCUT2D eigenvalue weighted by atomic mass is 9.91. The van der Waals surface area contributed by atoms with Crippen LogP contribution in [0, 0.1) is 0 Å². The van der Waals surface area contributed by atoms with Gasteiger partial charge in [-0.1, -0.05) is 115 Å². The minimum Gasteiger partial charge on any atom is -0.497 e. The van der Waals surface area contributed by atoms with Crippen LogP contribution in [-0.2, 0) is 12.8 Å². The normalized spacial score (nSPS) is 12.4. The summed E-state index contributed by atoms with van der Waals surface area (Å²) in [6, 6.07) is 54.2. The summed E-state index contributed by atoms with van der Waals surface area (Å²) < 4.78 is 5.30. The highest BCUT2D eigenvalue weighted by Gasteiger charge is 2.16. The van der Waals surface area contributed by atoms with Gasteiger partial charge in [0.15, 0.2) is 0 Å². The summed E-state index contributed by atoms with van der Waals surface area (Å²) in [5.74, 6) is 0.866. The summed E-state index contributed by atoms with van der Waals surface area (Å²) in [7, 11) is 1.69. The van der Waals surface area contributed by atoms with Gasteiger partial charge in [0.25, 0.3) is 0 Å². The maximum Gasteiger partial charge on any atom is 0.118 e. The van der Waals surface area contributed by atoms with E-state index in [1.54, 1.807) is 7.11 Å². The molecular weight excluding hydrogens is 571 g/mol. The highest BCUT2D eigenvalue weighted by molar-refractivity contribution is 5.91. The third kappa shape index (κ3) is 7.13. The van der Waals surface area contributed by atoms with Crippen LogP contribution in [0.15, 0.2) is 152 Å². The van der Waals surface area contributed by atoms with Gasteiger partial charge in [0.05, 0.1) is 7.11 Å². The highest BCUT2D eigenvalue weighted by atomic mass is 16.5. The van der Waals surface area contributed by atoms with E-state index >= 15 is 0 Å². The average molecular weight is 610 g/mol. The largest absolute Gasteiger partial charge is 0.497 e. The molecule has 1 aliphatic rings. The van der Waals surface area contributed by atoms with Crippen molar-refractivity contribution in [1.29, 1.82) is 0 Å². The van der Waals surface area contributed by atoms with Gasteiger partial charge in [0, 0.05) is 17.1 Å². The second kappa shape index (κ2) is 14.2. The van der Waals surface area contributed by atoms with Gasteiger partial charge >= 0.3 is 0 Å². The van der Waals surface area contributed by atoms with Crippen LogP contribution in [0.4, 0.5) is 17.1 Å². The van der Waals surface area contributed by atoms with Crippen molar-refractivity contribution in [3.8, 4) is 5.75 Å². The molecule has 7 rings (SSSR count). The van der Waals surface area contributed by atoms with E-state index in [0.29, 0.717) is 0 Å². The van der Waals surface area contributed by atoms with E-state index < -0.39 is 0 Å². The zero-order valence-electron chi connectivity index (χ0n) is 26.8. The molecule has 0 spiro atoms. The topological polar surface area (TPSA) is 12.5 Å². The van der Waals surface area contributed by atoms with Gasteiger partial charge in [-0.2, -0.15) is 0 Å². The van der Waals surface area contributed by atoms with Crippen molar-refractivity contribution in [2.24, 2.45) is 0 Å². The lowest BCUT2D eigenvalue weighted by molar-refractivity contribution is 0.415. The molecule has 0 saturated carbocycles. The number of anilines is 3. The van der Waals surface area contributed by atoms with E-state index in [1.807, 2.05) is 12.1 Å². The predicted molar refractivity (Wildman–Crippen MR) is 200 cm³/mol. The van der Waals surface area contributed by atoms with E-state index in [2.05, 4.69) is 163 Å². The maximum atomic E-state index is 5.30. The predicted octanol–water partition coefficient (Wildman–Crippen LogP) is 11.8. The van der Waals surface area contributed by atoms with Crippen LogP contribution >= 0.6 is 0 Å². The van der Waals surface area contributed by atoms with Crippen LogP contribution in [0.3, 0.4) is 0 Å². The maximum absolute atomic E-state index is 5.30. The Labute approximate surface area is 278 Å². The van der Waals surface area contributed by atoms with Gasteiger partial charge in [0.1, 0.15) is 5.75 Å². The quantitative estimate of drug-likeness (QED) is 0.151. The highest BCUT2D eigenvalue weighted by Crippen LogP contribution is 2.37. The van der Waals surface area contributed by atoms with Crippen LogP contribution in [0.5, 0.6) is 5.75 Å². The Morgan fingerprint density at radius 1 is 0.511 bits per heavy atom. The Kier molecular flexibility index (Phi) is 9.10. The Hall–Kier alpha value is -5.60. The second-order valence-corrected chi connectivity index (χ2v) is 12.1. The van der Waals surface area contributed by atoms with E-state index in [1.165, 1.54) is 58.3 Å². The first-order chi connectivity index (χ1) is 23.2. The number of methoxy groups -OCH3 is 1. The second-order valence-electron chi connectivity index (χ2n) is 12.1. The lowest BCUT2D eigenvalue weighted by Crippen LogP contribution is -2.12. The molecule has 2 heteroatoms. The number of aryl methyl sites for hydroxylation is 2. The van der Waals surface area contributed by atoms with Gasteiger partial charge in [-0.3, -0.25) is 0 Å². The van der Waals surface area contributed by atoms with Gasteiger partial charge < -0.3 is 9.64 Å². The number of hydrogen-bond acceptors (Lipinski definition) is 2. The minimum absolute atomic E-state index is 0.866. The molecule has 2 nitrogen and oxygen atoms in total. The van der Waals surface area contributed by atoms with Crippen LogP contribution < -0.4 is 9.64 Å². The van der Waals surface area contributed by atoms with E-state index in [9.17, 15) is 0 Å². The number of nitrogens with zero attached hydrogens (tertiary/aromatic N) is 1. The molecule has 0 amide bonds. The van der Waals surface area contributed by atoms with Crippen molar-refractivity contribution >= 4 is 40.9 Å². The molecular formula is C45H39NO. The molecule has 0 N–H and O–H groups in total. The molecule has 0 unspecified atom stereocenters. The molecule has 0 heterocycles. The van der Waals surface area contributed by atoms with Crippen molar-refractivity contribution in [1.82, 2.24) is 0 Å². The fourth-order valence-electron chi connectivity index (χ4n) is 6.40. The molecule has 0 fully saturated rings. The van der Waals surface area contributed by atoms with Gasteiger partial charge in [-0.15, -0.1) is 0 Å². The molecule has 230 valence electrons. The molecule has 0 aliphatic heterocycles. The van der Waals surface area contributed by atoms with E-state index in [4.69, 9.17) is 4.74 Å². The zero-order chi connectivity index (χ0) is 31.8. The summed E-state index contributed by atoms with van der Waals surface area (Å²) in [6.45, 7) is 0. The van der Waals surface area contributed by atoms with Gasteiger partial charge in [-0.25, -0.2) is 0 Å². The number of benzene rings is 6. The first kappa shape index (κ1) is 30.1. The molecule has 6 aromatic rings. The Balaban J connectivity index is 1.22. The fraction of sp³-hybridized carbons (Fsp3) is 0.111. The fourth-order valence-corrected chi connectivity index (χ4v) is 6.40. The van der Waals surface area contributed by atoms with Crippen molar-refractivity contribution < 1.29 is 4.74 Å². The molecule has 1 aliphatic carbocycles. The zero-order valence-corrected chi connectivity index (χ0v) is 26.8. The smallest absolute Gasteiger partial charge is 0.118 e. The van der Waals surface area contributed by atoms with Crippen LogP contribution in [0.25, 0.3) is 23.8 Å². The Morgan fingerprint density at radius 3 is 1.55 bits per heavy atom. The third-order valence-electron chi connectivity index (χ3n) is 8.96. The number of fused-ring (bicyclic) bond motifs is 1. The molecule has 0 saturated heterocycles. The first-order valence-corrected chi connectivity index (χ1v) is 16.5. The molecule has 0 atom stereocenters. The van der Waals surface area contributed by atoms with Crippen LogP contribution in [0.2, 0.25) is 0 Å². The summed E-state index contributed by atoms with van der Waals surface area (Å²) in [6.07, 6.45) is 11.5. The SMILES string of the molecule is COc1ccc(/C=C/c2ccc(N(c3ccc(C=C(c4ccccc4)c4ccccc4)cc3)c3ccc4c(c3)CCCC4)cc2)cc1. The van der Waals surface area contributed by atoms with Gasteiger partial charge in [-0.05, 0) is 125 Å². The summed E-state index contributed by atoms with van der Waals surface area (Å²) >= 11 is 0. The number of rotatable bonds is 9. The van der Waals surface area contributed by atoms with Crippen molar-refractivity contribution in [3.05, 3.63) is 191 Å². The van der Waals surface area contributed by atoms with Crippen molar-refractivity contribution in [2.45, 2.75) is 25.7 Å². The lowest BCUT2D eigenvalue weighted by Gasteiger charge is -2.27. The van der Waals surface area contributed by atoms with E-state index in [0.717, 1.165) is 34.7 Å². The Bertz CT molecular complexity index is 1930. The third-order valence-corrected chi connectivity index (χ3v) is 8.96. The van der Waals surface area contributed by atoms with Crippen molar-refractivity contribution in [3.63, 3.8) is 0 Å². The van der Waals surface area contributed by atoms with Crippen LogP contribution in [0.1, 0.15) is 51.8 Å². The minimum atomic E-state index is 0.866. The summed E-state index contributed by atoms with van der Waals surface area (Å²) in [5, 5.41) is 0. The first-order valence-electron chi connectivity index (χ1n) is 16.5. The van der Waals surface area contributed by atoms with Gasteiger partial charge in [0.2, 0.25) is 0 Å². The Morgan fingerprint density at radius 2 is 1.00 bits per heavy atom. The standard InChI is InChI=1S/C45H39NO/c1-47-44-30-22-35(23-31-44)17-16-34-18-25-41(26-19-34)46(43-29-24-37-10-8-9-15-40(37)33-43)42-27-20-36(21-28-42)32-45(38-11-4-2-5-12-38)39-13-6-3-7-14-39/h2-7,11-14,16-33H,8-10,15H2,1H3/b17-16+. The molecule has 47 heavy (non-hydrogen) atoms. The number of hydrogen-bond donors (Lipinski definition) is 0. The monoisotopic (exact) mass is 609 g/mol.